The molecule has 2 aromatic heterocycles. The molecule has 8 nitrogen and oxygen atoms in total. The van der Waals surface area contributed by atoms with Crippen molar-refractivity contribution >= 4 is 22.4 Å². The van der Waals surface area contributed by atoms with Crippen LogP contribution in [-0.2, 0) is 4.79 Å². The molecule has 2 fully saturated rings. The number of nitriles is 1. The van der Waals surface area contributed by atoms with Crippen molar-refractivity contribution in [1.82, 2.24) is 20.2 Å². The Labute approximate surface area is 215 Å². The maximum atomic E-state index is 11.9. The standard InChI is InChI=1S/C27H30N6O2S/c1-17-13-21(14-18(2)29-17)24-23(20-6-3-5-19(15-20)16-28)30-25(36-24)31-26(35)33-11-9-27(10-12-33)8-4-7-22(34)32-27/h3,5-6,13-15,26,35H,4,7-12H2,1-2H3,(H,30,31)(H,32,34). The van der Waals surface area contributed by atoms with E-state index in [0.29, 0.717) is 30.2 Å². The largest absolute Gasteiger partial charge is 0.361 e. The van der Waals surface area contributed by atoms with Gasteiger partial charge in [0.05, 0.1) is 22.2 Å². The molecule has 2 aliphatic rings. The zero-order valence-electron chi connectivity index (χ0n) is 20.5. The summed E-state index contributed by atoms with van der Waals surface area (Å²) in [6.45, 7) is 5.31. The third kappa shape index (κ3) is 5.12. The number of rotatable bonds is 5. The van der Waals surface area contributed by atoms with Crippen molar-refractivity contribution in [3.63, 3.8) is 0 Å². The number of anilines is 1. The maximum Gasteiger partial charge on any atom is 0.220 e. The number of hydrogen-bond donors (Lipinski definition) is 3. The molecule has 36 heavy (non-hydrogen) atoms. The summed E-state index contributed by atoms with van der Waals surface area (Å²) in [5.41, 5.74) is 4.90. The molecule has 0 aliphatic carbocycles. The molecule has 9 heteroatoms. The second kappa shape index (κ2) is 9.97. The van der Waals surface area contributed by atoms with Crippen LogP contribution >= 0.6 is 11.3 Å². The number of thiazole rings is 1. The number of aliphatic hydroxyl groups is 1. The van der Waals surface area contributed by atoms with Gasteiger partial charge in [-0.05, 0) is 69.4 Å². The number of benzene rings is 1. The van der Waals surface area contributed by atoms with E-state index in [0.717, 1.165) is 58.8 Å². The molecule has 1 aromatic carbocycles. The van der Waals surface area contributed by atoms with E-state index in [1.807, 2.05) is 49.1 Å². The van der Waals surface area contributed by atoms with Crippen LogP contribution in [0.4, 0.5) is 5.13 Å². The van der Waals surface area contributed by atoms with Crippen LogP contribution in [0.15, 0.2) is 36.4 Å². The lowest BCUT2D eigenvalue weighted by atomic mass is 9.80. The highest BCUT2D eigenvalue weighted by atomic mass is 32.1. The summed E-state index contributed by atoms with van der Waals surface area (Å²) < 4.78 is 0. The molecule has 2 saturated heterocycles. The minimum absolute atomic E-state index is 0.129. The van der Waals surface area contributed by atoms with Crippen LogP contribution in [0.1, 0.15) is 49.1 Å². The lowest BCUT2D eigenvalue weighted by Gasteiger charge is -2.45. The lowest BCUT2D eigenvalue weighted by Crippen LogP contribution is -2.59. The molecule has 2 aliphatic heterocycles. The number of likely N-dealkylation sites (tertiary alicyclic amines) is 1. The third-order valence-corrected chi connectivity index (χ3v) is 8.09. The van der Waals surface area contributed by atoms with Gasteiger partial charge in [0.1, 0.15) is 0 Å². The fourth-order valence-electron chi connectivity index (χ4n) is 5.26. The van der Waals surface area contributed by atoms with E-state index < -0.39 is 6.35 Å². The SMILES string of the molecule is Cc1cc(-c2sc(NC(O)N3CCC4(CCCC(=O)N4)CC3)nc2-c2cccc(C#N)c2)cc(C)n1. The van der Waals surface area contributed by atoms with Crippen LogP contribution < -0.4 is 10.6 Å². The molecular weight excluding hydrogens is 472 g/mol. The van der Waals surface area contributed by atoms with E-state index in [1.165, 1.54) is 11.3 Å². The average molecular weight is 503 g/mol. The Bertz CT molecular complexity index is 1300. The van der Waals surface area contributed by atoms with Crippen molar-refractivity contribution in [2.24, 2.45) is 0 Å². The monoisotopic (exact) mass is 502 g/mol. The van der Waals surface area contributed by atoms with Crippen molar-refractivity contribution in [3.05, 3.63) is 53.3 Å². The lowest BCUT2D eigenvalue weighted by molar-refractivity contribution is -0.126. The Morgan fingerprint density at radius 3 is 2.58 bits per heavy atom. The number of nitrogens with one attached hydrogen (secondary N) is 2. The zero-order chi connectivity index (χ0) is 25.3. The molecule has 186 valence electrons. The Balaban J connectivity index is 1.39. The second-order valence-electron chi connectivity index (χ2n) is 9.76. The van der Waals surface area contributed by atoms with E-state index in [4.69, 9.17) is 4.98 Å². The predicted octanol–water partition coefficient (Wildman–Crippen LogP) is 4.18. The number of amides is 1. The first-order valence-electron chi connectivity index (χ1n) is 12.3. The van der Waals surface area contributed by atoms with Gasteiger partial charge in [0, 0.05) is 42.0 Å². The highest BCUT2D eigenvalue weighted by molar-refractivity contribution is 7.19. The van der Waals surface area contributed by atoms with Gasteiger partial charge in [-0.2, -0.15) is 5.26 Å². The van der Waals surface area contributed by atoms with Gasteiger partial charge in [-0.25, -0.2) is 4.98 Å². The van der Waals surface area contributed by atoms with E-state index in [1.54, 1.807) is 6.07 Å². The van der Waals surface area contributed by atoms with Crippen LogP contribution in [0.5, 0.6) is 0 Å². The summed E-state index contributed by atoms with van der Waals surface area (Å²) in [5, 5.41) is 27.4. The van der Waals surface area contributed by atoms with Crippen molar-refractivity contribution < 1.29 is 9.90 Å². The molecule has 1 atom stereocenters. The Morgan fingerprint density at radius 1 is 1.14 bits per heavy atom. The Morgan fingerprint density at radius 2 is 1.89 bits per heavy atom. The van der Waals surface area contributed by atoms with Crippen LogP contribution in [0.3, 0.4) is 0 Å². The first-order chi connectivity index (χ1) is 17.3. The number of piperidine rings is 2. The number of hydrogen-bond acceptors (Lipinski definition) is 8. The summed E-state index contributed by atoms with van der Waals surface area (Å²) >= 11 is 1.48. The Hall–Kier alpha value is -3.32. The van der Waals surface area contributed by atoms with Crippen LogP contribution in [0, 0.1) is 25.2 Å². The van der Waals surface area contributed by atoms with Crippen LogP contribution in [-0.4, -0.2) is 50.9 Å². The molecule has 1 amide bonds. The maximum absolute atomic E-state index is 11.9. The summed E-state index contributed by atoms with van der Waals surface area (Å²) in [6.07, 6.45) is 3.29. The molecule has 0 saturated carbocycles. The minimum Gasteiger partial charge on any atom is -0.361 e. The molecule has 3 aromatic rings. The van der Waals surface area contributed by atoms with Gasteiger partial charge >= 0.3 is 0 Å². The minimum atomic E-state index is -0.889. The summed E-state index contributed by atoms with van der Waals surface area (Å²) in [6, 6.07) is 13.7. The molecule has 1 unspecified atom stereocenters. The van der Waals surface area contributed by atoms with Crippen LogP contribution in [0.25, 0.3) is 21.7 Å². The molecule has 4 heterocycles. The first kappa shape index (κ1) is 24.4. The number of aromatic nitrogens is 2. The summed E-state index contributed by atoms with van der Waals surface area (Å²) in [7, 11) is 0. The van der Waals surface area contributed by atoms with Gasteiger partial charge in [0.25, 0.3) is 0 Å². The molecular formula is C27H30N6O2S. The van der Waals surface area contributed by atoms with Gasteiger partial charge in [-0.3, -0.25) is 14.7 Å². The van der Waals surface area contributed by atoms with E-state index >= 15 is 0 Å². The fraction of sp³-hybridized carbons (Fsp3) is 0.407. The number of aliphatic hydroxyl groups excluding tert-OH is 1. The number of pyridine rings is 1. The van der Waals surface area contributed by atoms with Crippen molar-refractivity contribution in [3.8, 4) is 27.8 Å². The van der Waals surface area contributed by atoms with E-state index in [9.17, 15) is 15.2 Å². The van der Waals surface area contributed by atoms with Gasteiger partial charge in [-0.15, -0.1) is 0 Å². The highest BCUT2D eigenvalue weighted by Gasteiger charge is 2.39. The average Bonchev–Trinajstić information content (AvgIpc) is 3.27. The normalized spacial score (nSPS) is 18.4. The number of carbonyl (C=O) groups is 1. The van der Waals surface area contributed by atoms with Gasteiger partial charge in [-0.1, -0.05) is 23.5 Å². The molecule has 5 rings (SSSR count). The summed E-state index contributed by atoms with van der Waals surface area (Å²) in [5.74, 6) is 0.137. The third-order valence-electron chi connectivity index (χ3n) is 7.05. The highest BCUT2D eigenvalue weighted by Crippen LogP contribution is 2.40. The first-order valence-corrected chi connectivity index (χ1v) is 13.1. The van der Waals surface area contributed by atoms with E-state index in [-0.39, 0.29) is 11.4 Å². The topological polar surface area (TPSA) is 114 Å². The number of aryl methyl sites for hydroxylation is 2. The predicted molar refractivity (Wildman–Crippen MR) is 140 cm³/mol. The molecule has 0 radical (unpaired) electrons. The molecule has 0 bridgehead atoms. The number of nitrogens with zero attached hydrogens (tertiary/aromatic N) is 4. The quantitative estimate of drug-likeness (QED) is 0.448. The van der Waals surface area contributed by atoms with Gasteiger partial charge < -0.3 is 15.7 Å². The van der Waals surface area contributed by atoms with Gasteiger partial charge in [0.15, 0.2) is 11.5 Å². The molecule has 3 N–H and O–H groups in total. The second-order valence-corrected chi connectivity index (χ2v) is 10.8. The Kier molecular flexibility index (Phi) is 6.75. The van der Waals surface area contributed by atoms with Crippen molar-refractivity contribution in [1.29, 1.82) is 5.26 Å². The van der Waals surface area contributed by atoms with Crippen molar-refractivity contribution in [2.75, 3.05) is 18.4 Å². The van der Waals surface area contributed by atoms with Crippen molar-refractivity contribution in [2.45, 2.75) is 57.8 Å². The van der Waals surface area contributed by atoms with E-state index in [2.05, 4.69) is 21.7 Å². The van der Waals surface area contributed by atoms with Crippen LogP contribution in [0.2, 0.25) is 0 Å². The number of carbonyl (C=O) groups excluding carboxylic acids is 1. The fourth-order valence-corrected chi connectivity index (χ4v) is 6.25. The molecule has 1 spiro atoms. The summed E-state index contributed by atoms with van der Waals surface area (Å²) in [4.78, 5) is 24.2. The zero-order valence-corrected chi connectivity index (χ0v) is 21.4. The van der Waals surface area contributed by atoms with Gasteiger partial charge in [0.2, 0.25) is 5.91 Å². The smallest absolute Gasteiger partial charge is 0.220 e.